The van der Waals surface area contributed by atoms with Gasteiger partial charge in [0.15, 0.2) is 0 Å². The summed E-state index contributed by atoms with van der Waals surface area (Å²) in [5.41, 5.74) is 0.725. The number of carbonyl (C=O) groups excluding carboxylic acids is 1. The van der Waals surface area contributed by atoms with E-state index in [4.69, 9.17) is 16.3 Å². The number of hydrogen-bond donors (Lipinski definition) is 3. The van der Waals surface area contributed by atoms with Crippen molar-refractivity contribution in [2.45, 2.75) is 18.9 Å². The fraction of sp³-hybridized carbons (Fsp3) is 0.462. The highest BCUT2D eigenvalue weighted by molar-refractivity contribution is 7.92. The lowest BCUT2D eigenvalue weighted by Crippen LogP contribution is -2.35. The standard InChI is InChI=1S/C13H18ClN3O4S/c1-22(19,20)17-12-5-4-9(7-11(12)14)16-13(18)15-8-10-3-2-6-21-10/h4-5,7,10,17H,2-3,6,8H2,1H3,(H2,15,16,18)/t10-/m1/s1. The van der Waals surface area contributed by atoms with Crippen LogP contribution in [0.2, 0.25) is 5.02 Å². The molecule has 2 rings (SSSR count). The topological polar surface area (TPSA) is 96.5 Å². The van der Waals surface area contributed by atoms with Gasteiger partial charge in [-0.1, -0.05) is 11.6 Å². The van der Waals surface area contributed by atoms with E-state index in [-0.39, 0.29) is 22.8 Å². The van der Waals surface area contributed by atoms with Gasteiger partial charge in [0.1, 0.15) is 0 Å². The first kappa shape index (κ1) is 16.9. The Morgan fingerprint density at radius 2 is 2.23 bits per heavy atom. The second kappa shape index (κ2) is 7.17. The van der Waals surface area contributed by atoms with Gasteiger partial charge in [-0.3, -0.25) is 4.72 Å². The van der Waals surface area contributed by atoms with Gasteiger partial charge in [0, 0.05) is 18.8 Å². The summed E-state index contributed by atoms with van der Waals surface area (Å²) in [6.07, 6.45) is 3.06. The van der Waals surface area contributed by atoms with Gasteiger partial charge in [0.05, 0.1) is 23.1 Å². The summed E-state index contributed by atoms with van der Waals surface area (Å²) in [5.74, 6) is 0. The highest BCUT2D eigenvalue weighted by atomic mass is 35.5. The maximum absolute atomic E-state index is 11.8. The maximum Gasteiger partial charge on any atom is 0.319 e. The van der Waals surface area contributed by atoms with Gasteiger partial charge in [-0.25, -0.2) is 13.2 Å². The van der Waals surface area contributed by atoms with Crippen molar-refractivity contribution in [3.05, 3.63) is 23.2 Å². The molecule has 1 fully saturated rings. The van der Waals surface area contributed by atoms with Crippen molar-refractivity contribution in [3.8, 4) is 0 Å². The molecule has 1 aliphatic heterocycles. The van der Waals surface area contributed by atoms with Crippen LogP contribution in [0.3, 0.4) is 0 Å². The Morgan fingerprint density at radius 3 is 2.82 bits per heavy atom. The summed E-state index contributed by atoms with van der Waals surface area (Å²) >= 11 is 5.98. The molecule has 22 heavy (non-hydrogen) atoms. The predicted molar refractivity (Wildman–Crippen MR) is 85.9 cm³/mol. The smallest absolute Gasteiger partial charge is 0.319 e. The molecule has 3 N–H and O–H groups in total. The molecule has 1 atom stereocenters. The summed E-state index contributed by atoms with van der Waals surface area (Å²) in [6.45, 7) is 1.19. The molecule has 9 heteroatoms. The highest BCUT2D eigenvalue weighted by Gasteiger charge is 2.16. The average Bonchev–Trinajstić information content (AvgIpc) is 2.91. The van der Waals surface area contributed by atoms with E-state index in [1.165, 1.54) is 12.1 Å². The summed E-state index contributed by atoms with van der Waals surface area (Å²) in [4.78, 5) is 11.8. The lowest BCUT2D eigenvalue weighted by Gasteiger charge is -2.13. The Balaban J connectivity index is 1.89. The fourth-order valence-corrected chi connectivity index (χ4v) is 2.92. The summed E-state index contributed by atoms with van der Waals surface area (Å²) in [7, 11) is -3.40. The molecule has 7 nitrogen and oxygen atoms in total. The number of anilines is 2. The van der Waals surface area contributed by atoms with Crippen molar-refractivity contribution in [1.29, 1.82) is 0 Å². The van der Waals surface area contributed by atoms with Crippen molar-refractivity contribution in [3.63, 3.8) is 0 Å². The number of urea groups is 1. The lowest BCUT2D eigenvalue weighted by molar-refractivity contribution is 0.112. The molecule has 1 aromatic rings. The van der Waals surface area contributed by atoms with E-state index in [2.05, 4.69) is 15.4 Å². The van der Waals surface area contributed by atoms with E-state index in [0.29, 0.717) is 12.2 Å². The first-order chi connectivity index (χ1) is 10.3. The van der Waals surface area contributed by atoms with E-state index < -0.39 is 10.0 Å². The molecule has 2 amide bonds. The summed E-state index contributed by atoms with van der Waals surface area (Å²) in [6, 6.07) is 4.15. The van der Waals surface area contributed by atoms with Crippen molar-refractivity contribution in [2.75, 3.05) is 29.4 Å². The van der Waals surface area contributed by atoms with Crippen LogP contribution in [-0.2, 0) is 14.8 Å². The molecule has 0 saturated carbocycles. The van der Waals surface area contributed by atoms with Crippen LogP contribution in [0.5, 0.6) is 0 Å². The first-order valence-corrected chi connectivity index (χ1v) is 9.04. The normalized spacial score (nSPS) is 18.0. The van der Waals surface area contributed by atoms with E-state index in [0.717, 1.165) is 25.7 Å². The Morgan fingerprint density at radius 1 is 1.45 bits per heavy atom. The molecule has 0 aliphatic carbocycles. The Labute approximate surface area is 134 Å². The van der Waals surface area contributed by atoms with Gasteiger partial charge < -0.3 is 15.4 Å². The third kappa shape index (κ3) is 5.36. The highest BCUT2D eigenvalue weighted by Crippen LogP contribution is 2.26. The number of carbonyl (C=O) groups is 1. The minimum atomic E-state index is -3.40. The number of nitrogens with one attached hydrogen (secondary N) is 3. The molecular formula is C13H18ClN3O4S. The van der Waals surface area contributed by atoms with Gasteiger partial charge >= 0.3 is 6.03 Å². The third-order valence-corrected chi connectivity index (χ3v) is 3.94. The molecule has 0 radical (unpaired) electrons. The number of sulfonamides is 1. The molecule has 0 spiro atoms. The van der Waals surface area contributed by atoms with Gasteiger partial charge in [-0.15, -0.1) is 0 Å². The van der Waals surface area contributed by atoms with Crippen LogP contribution in [0.25, 0.3) is 0 Å². The van der Waals surface area contributed by atoms with Crippen LogP contribution in [0.15, 0.2) is 18.2 Å². The summed E-state index contributed by atoms with van der Waals surface area (Å²) < 4.78 is 30.0. The predicted octanol–water partition coefficient (Wildman–Crippen LogP) is 2.01. The van der Waals surface area contributed by atoms with Crippen LogP contribution in [0, 0.1) is 0 Å². The number of rotatable bonds is 5. The van der Waals surface area contributed by atoms with Gasteiger partial charge in [-0.05, 0) is 31.0 Å². The van der Waals surface area contributed by atoms with Crippen molar-refractivity contribution in [2.24, 2.45) is 0 Å². The van der Waals surface area contributed by atoms with Crippen LogP contribution < -0.4 is 15.4 Å². The number of amides is 2. The average molecular weight is 348 g/mol. The molecular weight excluding hydrogens is 330 g/mol. The Hall–Kier alpha value is -1.51. The zero-order chi connectivity index (χ0) is 16.2. The largest absolute Gasteiger partial charge is 0.376 e. The lowest BCUT2D eigenvalue weighted by atomic mass is 10.2. The SMILES string of the molecule is CS(=O)(=O)Nc1ccc(NC(=O)NC[C@H]2CCCO2)cc1Cl. The van der Waals surface area contributed by atoms with Gasteiger partial charge in [0.25, 0.3) is 0 Å². The molecule has 1 saturated heterocycles. The Bertz CT molecular complexity index is 645. The number of halogens is 1. The zero-order valence-electron chi connectivity index (χ0n) is 12.1. The van der Waals surface area contributed by atoms with Crippen LogP contribution in [0.1, 0.15) is 12.8 Å². The minimum absolute atomic E-state index is 0.0654. The number of hydrogen-bond acceptors (Lipinski definition) is 4. The zero-order valence-corrected chi connectivity index (χ0v) is 13.6. The number of ether oxygens (including phenoxy) is 1. The van der Waals surface area contributed by atoms with E-state index in [1.54, 1.807) is 6.07 Å². The second-order valence-electron chi connectivity index (χ2n) is 5.04. The minimum Gasteiger partial charge on any atom is -0.376 e. The van der Waals surface area contributed by atoms with Crippen LogP contribution >= 0.6 is 11.6 Å². The quantitative estimate of drug-likeness (QED) is 0.759. The van der Waals surface area contributed by atoms with E-state index >= 15 is 0 Å². The monoisotopic (exact) mass is 347 g/mol. The van der Waals surface area contributed by atoms with Crippen LogP contribution in [-0.4, -0.2) is 40.0 Å². The van der Waals surface area contributed by atoms with E-state index in [1.807, 2.05) is 0 Å². The fourth-order valence-electron chi connectivity index (χ4n) is 2.06. The summed E-state index contributed by atoms with van der Waals surface area (Å²) in [5, 5.41) is 5.54. The molecule has 1 aliphatic rings. The molecule has 0 aromatic heterocycles. The molecule has 122 valence electrons. The van der Waals surface area contributed by atoms with Crippen molar-refractivity contribution < 1.29 is 17.9 Å². The van der Waals surface area contributed by atoms with Gasteiger partial charge in [-0.2, -0.15) is 0 Å². The Kier molecular flexibility index (Phi) is 5.49. The van der Waals surface area contributed by atoms with Gasteiger partial charge in [0.2, 0.25) is 10.0 Å². The first-order valence-electron chi connectivity index (χ1n) is 6.77. The number of benzene rings is 1. The second-order valence-corrected chi connectivity index (χ2v) is 7.19. The molecule has 1 heterocycles. The molecule has 0 bridgehead atoms. The van der Waals surface area contributed by atoms with Crippen molar-refractivity contribution in [1.82, 2.24) is 5.32 Å². The van der Waals surface area contributed by atoms with E-state index in [9.17, 15) is 13.2 Å². The molecule has 1 aromatic carbocycles. The maximum atomic E-state index is 11.8. The van der Waals surface area contributed by atoms with Crippen molar-refractivity contribution >= 4 is 39.0 Å². The van der Waals surface area contributed by atoms with Crippen LogP contribution in [0.4, 0.5) is 16.2 Å². The third-order valence-electron chi connectivity index (χ3n) is 3.04. The molecule has 0 unspecified atom stereocenters.